The van der Waals surface area contributed by atoms with E-state index in [4.69, 9.17) is 0 Å². The second-order valence-corrected chi connectivity index (χ2v) is 12.7. The van der Waals surface area contributed by atoms with Crippen molar-refractivity contribution in [3.63, 3.8) is 0 Å². The zero-order chi connectivity index (χ0) is 31.3. The van der Waals surface area contributed by atoms with E-state index in [0.29, 0.717) is 30.6 Å². The van der Waals surface area contributed by atoms with Gasteiger partial charge in [0.15, 0.2) is 0 Å². The normalized spacial score (nSPS) is 12.9. The summed E-state index contributed by atoms with van der Waals surface area (Å²) >= 11 is 0. The van der Waals surface area contributed by atoms with Crippen molar-refractivity contribution in [2.45, 2.75) is 66.0 Å². The summed E-state index contributed by atoms with van der Waals surface area (Å²) in [5, 5.41) is 15.5. The molecular weight excluding hydrogens is 552 g/mol. The van der Waals surface area contributed by atoms with Crippen LogP contribution in [0.2, 0.25) is 0 Å². The zero-order valence-corrected chi connectivity index (χ0v) is 26.5. The number of nitrogens with one attached hydrogen (secondary N) is 2. The molecule has 9 nitrogen and oxygen atoms in total. The third-order valence-corrected chi connectivity index (χ3v) is 8.07. The van der Waals surface area contributed by atoms with Crippen LogP contribution in [0.3, 0.4) is 0 Å². The van der Waals surface area contributed by atoms with Crippen molar-refractivity contribution >= 4 is 21.8 Å². The number of aliphatic hydroxyl groups is 1. The topological polar surface area (TPSA) is 119 Å². The fourth-order valence-electron chi connectivity index (χ4n) is 4.70. The van der Waals surface area contributed by atoms with Crippen LogP contribution >= 0.6 is 0 Å². The Kier molecular flexibility index (Phi) is 14.2. The maximum atomic E-state index is 13.6. The van der Waals surface area contributed by atoms with E-state index in [9.17, 15) is 23.1 Å². The Morgan fingerprint density at radius 1 is 1.00 bits per heavy atom. The lowest BCUT2D eigenvalue weighted by molar-refractivity contribution is 0.0687. The Labute approximate surface area is 251 Å². The number of nitrogens with zero attached hydrogens (tertiary/aromatic N) is 2. The lowest BCUT2D eigenvalue weighted by Gasteiger charge is -2.28. The molecule has 3 N–H and O–H groups in total. The van der Waals surface area contributed by atoms with Gasteiger partial charge >= 0.3 is 0 Å². The Balaban J connectivity index is 2.36. The molecule has 2 aromatic carbocycles. The fraction of sp³-hybridized carbons (Fsp3) is 0.500. The van der Waals surface area contributed by atoms with Gasteiger partial charge in [-0.2, -0.15) is 0 Å². The SMILES string of the molecule is CC#Cc1cc(C(=O)NC(Cc2ccccc2)C(O)CN(C)NS(=O)(=O)CC(C)C)cc(C(=O)N(CCC)CCC)c1. The molecule has 10 heteroatoms. The number of sulfonamides is 1. The first-order valence-electron chi connectivity index (χ1n) is 14.5. The van der Waals surface area contributed by atoms with Crippen molar-refractivity contribution in [3.05, 3.63) is 70.8 Å². The summed E-state index contributed by atoms with van der Waals surface area (Å²) in [5.41, 5.74) is 2.06. The van der Waals surface area contributed by atoms with Gasteiger partial charge in [0.2, 0.25) is 10.0 Å². The van der Waals surface area contributed by atoms with Crippen LogP contribution in [0.25, 0.3) is 0 Å². The highest BCUT2D eigenvalue weighted by Gasteiger charge is 2.26. The molecule has 0 radical (unpaired) electrons. The van der Waals surface area contributed by atoms with Gasteiger partial charge in [0, 0.05) is 43.4 Å². The van der Waals surface area contributed by atoms with E-state index in [2.05, 4.69) is 22.0 Å². The van der Waals surface area contributed by atoms with E-state index in [1.165, 1.54) is 12.1 Å². The maximum absolute atomic E-state index is 13.6. The Morgan fingerprint density at radius 2 is 1.62 bits per heavy atom. The fourth-order valence-corrected chi connectivity index (χ4v) is 6.20. The van der Waals surface area contributed by atoms with Crippen molar-refractivity contribution in [2.24, 2.45) is 5.92 Å². The standard InChI is InChI=1S/C32H46N4O5S/c1-7-13-26-18-27(21-28(19-26)32(39)36(16-8-2)17-9-3)31(38)33-29(20-25-14-11-10-12-15-25)30(37)22-35(6)34-42(40,41)23-24(4)5/h10-12,14-15,18-19,21,24,29-30,34,37H,8-9,16-17,20,22-23H2,1-6H3,(H,33,38). The third-order valence-electron chi connectivity index (χ3n) is 6.37. The lowest BCUT2D eigenvalue weighted by atomic mass is 9.99. The smallest absolute Gasteiger partial charge is 0.253 e. The highest BCUT2D eigenvalue weighted by molar-refractivity contribution is 7.89. The lowest BCUT2D eigenvalue weighted by Crippen LogP contribution is -2.52. The number of likely N-dealkylation sites (N-methyl/N-ethyl adjacent to an activating group) is 1. The number of carbonyl (C=O) groups is 2. The van der Waals surface area contributed by atoms with Crippen LogP contribution in [-0.2, 0) is 16.4 Å². The Hall–Kier alpha value is -3.23. The first kappa shape index (κ1) is 35.0. The van der Waals surface area contributed by atoms with Gasteiger partial charge in [-0.25, -0.2) is 13.4 Å². The molecule has 0 aliphatic carbocycles. The summed E-state index contributed by atoms with van der Waals surface area (Å²) in [5.74, 6) is 5.04. The molecule has 2 atom stereocenters. The molecule has 0 heterocycles. The van der Waals surface area contributed by atoms with E-state index in [0.717, 1.165) is 18.4 Å². The van der Waals surface area contributed by atoms with Gasteiger partial charge in [-0.3, -0.25) is 9.59 Å². The molecule has 0 aliphatic rings. The first-order valence-corrected chi connectivity index (χ1v) is 16.1. The minimum Gasteiger partial charge on any atom is -0.390 e. The van der Waals surface area contributed by atoms with Crippen molar-refractivity contribution in [1.82, 2.24) is 20.1 Å². The van der Waals surface area contributed by atoms with Crippen LogP contribution in [0.5, 0.6) is 0 Å². The molecule has 2 amide bonds. The highest BCUT2D eigenvalue weighted by Crippen LogP contribution is 2.15. The van der Waals surface area contributed by atoms with Gasteiger partial charge in [0.25, 0.3) is 11.8 Å². The van der Waals surface area contributed by atoms with Gasteiger partial charge < -0.3 is 15.3 Å². The number of carbonyl (C=O) groups excluding carboxylic acids is 2. The van der Waals surface area contributed by atoms with E-state index in [1.807, 2.05) is 58.0 Å². The molecule has 0 saturated carbocycles. The molecule has 0 bridgehead atoms. The molecule has 2 unspecified atom stereocenters. The predicted molar refractivity (Wildman–Crippen MR) is 167 cm³/mol. The second kappa shape index (κ2) is 17.0. The summed E-state index contributed by atoms with van der Waals surface area (Å²) in [7, 11) is -2.05. The van der Waals surface area contributed by atoms with E-state index >= 15 is 0 Å². The number of benzene rings is 2. The van der Waals surface area contributed by atoms with Crippen LogP contribution in [0.1, 0.15) is 79.3 Å². The van der Waals surface area contributed by atoms with E-state index in [-0.39, 0.29) is 29.7 Å². The molecule has 0 spiro atoms. The van der Waals surface area contributed by atoms with Crippen LogP contribution in [0, 0.1) is 17.8 Å². The molecule has 2 rings (SSSR count). The van der Waals surface area contributed by atoms with Gasteiger partial charge in [-0.15, -0.1) is 10.8 Å². The molecule has 42 heavy (non-hydrogen) atoms. The molecule has 230 valence electrons. The van der Waals surface area contributed by atoms with E-state index in [1.54, 1.807) is 30.0 Å². The number of hydrazine groups is 1. The van der Waals surface area contributed by atoms with Crippen LogP contribution in [-0.4, -0.2) is 79.8 Å². The number of amides is 2. The first-order chi connectivity index (χ1) is 19.9. The van der Waals surface area contributed by atoms with Gasteiger partial charge in [0.05, 0.1) is 17.9 Å². The van der Waals surface area contributed by atoms with Crippen molar-refractivity contribution in [1.29, 1.82) is 0 Å². The van der Waals surface area contributed by atoms with Gasteiger partial charge in [0.1, 0.15) is 0 Å². The number of aliphatic hydroxyl groups excluding tert-OH is 1. The molecule has 0 aromatic heterocycles. The Morgan fingerprint density at radius 3 is 2.19 bits per heavy atom. The van der Waals surface area contributed by atoms with Gasteiger partial charge in [-0.05, 0) is 55.9 Å². The maximum Gasteiger partial charge on any atom is 0.253 e. The quantitative estimate of drug-likeness (QED) is 0.201. The molecule has 0 aliphatic heterocycles. The number of rotatable bonds is 16. The largest absolute Gasteiger partial charge is 0.390 e. The highest BCUT2D eigenvalue weighted by atomic mass is 32.2. The summed E-state index contributed by atoms with van der Waals surface area (Å²) in [6, 6.07) is 13.5. The molecule has 0 fully saturated rings. The van der Waals surface area contributed by atoms with Crippen LogP contribution in [0.15, 0.2) is 48.5 Å². The minimum absolute atomic E-state index is 0.0520. The monoisotopic (exact) mass is 598 g/mol. The van der Waals surface area contributed by atoms with Crippen molar-refractivity contribution in [3.8, 4) is 11.8 Å². The average Bonchev–Trinajstić information content (AvgIpc) is 2.91. The summed E-state index contributed by atoms with van der Waals surface area (Å²) in [6.07, 6.45) is 0.815. The summed E-state index contributed by atoms with van der Waals surface area (Å²) < 4.78 is 24.8. The number of hydrogen-bond acceptors (Lipinski definition) is 6. The van der Waals surface area contributed by atoms with Gasteiger partial charge in [-0.1, -0.05) is 63.9 Å². The Bertz CT molecular complexity index is 1330. The summed E-state index contributed by atoms with van der Waals surface area (Å²) in [6.45, 7) is 10.5. The number of hydrogen-bond donors (Lipinski definition) is 3. The zero-order valence-electron chi connectivity index (χ0n) is 25.7. The van der Waals surface area contributed by atoms with Crippen LogP contribution in [0.4, 0.5) is 0 Å². The average molecular weight is 599 g/mol. The van der Waals surface area contributed by atoms with Crippen molar-refractivity contribution < 1.29 is 23.1 Å². The molecule has 2 aromatic rings. The predicted octanol–water partition coefficient (Wildman–Crippen LogP) is 3.44. The third kappa shape index (κ3) is 11.6. The molecular formula is C32H46N4O5S. The van der Waals surface area contributed by atoms with Crippen molar-refractivity contribution in [2.75, 3.05) is 32.4 Å². The molecule has 0 saturated heterocycles. The van der Waals surface area contributed by atoms with Crippen LogP contribution < -0.4 is 10.1 Å². The summed E-state index contributed by atoms with van der Waals surface area (Å²) in [4.78, 5) is 31.2. The van der Waals surface area contributed by atoms with E-state index < -0.39 is 28.1 Å². The minimum atomic E-state index is -3.59. The second-order valence-electron chi connectivity index (χ2n) is 11.0.